The first-order chi connectivity index (χ1) is 10.8. The first kappa shape index (κ1) is 15.0. The third-order valence-electron chi connectivity index (χ3n) is 2.99. The van der Waals surface area contributed by atoms with Crippen LogP contribution in [0.4, 0.5) is 0 Å². The van der Waals surface area contributed by atoms with Gasteiger partial charge in [0.05, 0.1) is 28.2 Å². The van der Waals surface area contributed by atoms with Gasteiger partial charge < -0.3 is 5.32 Å². The molecule has 0 aliphatic rings. The number of thioether (sulfide) groups is 1. The number of fused-ring (bicyclic) bond motifs is 1. The summed E-state index contributed by atoms with van der Waals surface area (Å²) in [5.74, 6) is 1.22. The predicted octanol–water partition coefficient (Wildman–Crippen LogP) is 3.24. The van der Waals surface area contributed by atoms with Crippen molar-refractivity contribution in [3.8, 4) is 0 Å². The number of para-hydroxylation sites is 1. The molecule has 0 radical (unpaired) electrons. The maximum absolute atomic E-state index is 11.8. The lowest BCUT2D eigenvalue weighted by Crippen LogP contribution is -2.25. The summed E-state index contributed by atoms with van der Waals surface area (Å²) in [5.41, 5.74) is 1.90. The zero-order valence-corrected chi connectivity index (χ0v) is 13.5. The number of benzene rings is 1. The zero-order valence-electron chi connectivity index (χ0n) is 11.9. The van der Waals surface area contributed by atoms with Gasteiger partial charge in [0.25, 0.3) is 0 Å². The molecule has 0 saturated heterocycles. The van der Waals surface area contributed by atoms with Gasteiger partial charge in [-0.2, -0.15) is 0 Å². The number of carbonyl (C=O) groups is 1. The summed E-state index contributed by atoms with van der Waals surface area (Å²) in [7, 11) is 0. The van der Waals surface area contributed by atoms with Crippen LogP contribution in [0.5, 0.6) is 0 Å². The fraction of sp³-hybridized carbons (Fsp3) is 0.188. The summed E-state index contributed by atoms with van der Waals surface area (Å²) in [4.78, 5) is 20.5. The van der Waals surface area contributed by atoms with Crippen molar-refractivity contribution in [3.63, 3.8) is 0 Å². The van der Waals surface area contributed by atoms with E-state index in [9.17, 15) is 4.79 Å². The van der Waals surface area contributed by atoms with E-state index in [2.05, 4.69) is 21.4 Å². The monoisotopic (exact) mass is 329 g/mol. The van der Waals surface area contributed by atoms with Gasteiger partial charge in [-0.15, -0.1) is 23.1 Å². The predicted molar refractivity (Wildman–Crippen MR) is 91.9 cm³/mol. The van der Waals surface area contributed by atoms with E-state index in [-0.39, 0.29) is 5.91 Å². The van der Waals surface area contributed by atoms with Crippen LogP contribution in [0.25, 0.3) is 10.2 Å². The van der Waals surface area contributed by atoms with Crippen molar-refractivity contribution in [2.75, 3.05) is 5.75 Å². The van der Waals surface area contributed by atoms with Gasteiger partial charge in [-0.25, -0.2) is 4.98 Å². The maximum atomic E-state index is 11.8. The number of rotatable bonds is 6. The first-order valence-corrected chi connectivity index (χ1v) is 8.87. The van der Waals surface area contributed by atoms with Crippen molar-refractivity contribution < 1.29 is 4.79 Å². The molecule has 1 amide bonds. The van der Waals surface area contributed by atoms with Gasteiger partial charge in [0, 0.05) is 11.9 Å². The Labute approximate surface area is 137 Å². The van der Waals surface area contributed by atoms with Gasteiger partial charge in [0.1, 0.15) is 5.01 Å². The lowest BCUT2D eigenvalue weighted by Gasteiger charge is -2.03. The lowest BCUT2D eigenvalue weighted by atomic mass is 10.3. The Morgan fingerprint density at radius 1 is 1.18 bits per heavy atom. The Balaban J connectivity index is 1.43. The number of carbonyl (C=O) groups excluding carboxylic acids is 1. The number of pyridine rings is 1. The van der Waals surface area contributed by atoms with Crippen molar-refractivity contribution in [3.05, 3.63) is 59.4 Å². The highest BCUT2D eigenvalue weighted by Crippen LogP contribution is 2.24. The van der Waals surface area contributed by atoms with Crippen LogP contribution in [-0.2, 0) is 17.1 Å². The molecular weight excluding hydrogens is 314 g/mol. The molecule has 22 heavy (non-hydrogen) atoms. The summed E-state index contributed by atoms with van der Waals surface area (Å²) < 4.78 is 1.19. The molecule has 4 nitrogen and oxygen atoms in total. The third kappa shape index (κ3) is 4.05. The van der Waals surface area contributed by atoms with Crippen molar-refractivity contribution in [1.29, 1.82) is 0 Å². The van der Waals surface area contributed by atoms with Gasteiger partial charge in [-0.05, 0) is 24.3 Å². The molecule has 2 heterocycles. The van der Waals surface area contributed by atoms with Crippen molar-refractivity contribution >= 4 is 39.2 Å². The van der Waals surface area contributed by atoms with E-state index in [1.807, 2.05) is 36.4 Å². The smallest absolute Gasteiger partial charge is 0.230 e. The summed E-state index contributed by atoms with van der Waals surface area (Å²) >= 11 is 3.27. The molecular formula is C16H15N3OS2. The van der Waals surface area contributed by atoms with Gasteiger partial charge in [-0.3, -0.25) is 9.78 Å². The van der Waals surface area contributed by atoms with Crippen molar-refractivity contribution in [2.45, 2.75) is 12.3 Å². The lowest BCUT2D eigenvalue weighted by molar-refractivity contribution is -0.118. The van der Waals surface area contributed by atoms with E-state index < -0.39 is 0 Å². The molecule has 3 aromatic rings. The number of amides is 1. The molecule has 0 fully saturated rings. The molecule has 3 rings (SSSR count). The summed E-state index contributed by atoms with van der Waals surface area (Å²) in [5, 5.41) is 3.93. The van der Waals surface area contributed by atoms with Crippen LogP contribution < -0.4 is 5.32 Å². The molecule has 0 aliphatic heterocycles. The van der Waals surface area contributed by atoms with E-state index in [0.717, 1.165) is 22.0 Å². The molecule has 0 atom stereocenters. The third-order valence-corrected chi connectivity index (χ3v) is 5.15. The SMILES string of the molecule is O=C(CSCc1nc2ccccc2s1)NCc1ccccn1. The number of nitrogens with zero attached hydrogens (tertiary/aromatic N) is 2. The topological polar surface area (TPSA) is 54.9 Å². The van der Waals surface area contributed by atoms with Gasteiger partial charge in [0.2, 0.25) is 5.91 Å². The standard InChI is InChI=1S/C16H15N3OS2/c20-15(18-9-12-5-3-4-8-17-12)10-21-11-16-19-13-6-1-2-7-14(13)22-16/h1-8H,9-11H2,(H,18,20). The fourth-order valence-electron chi connectivity index (χ4n) is 1.96. The summed E-state index contributed by atoms with van der Waals surface area (Å²) in [6.45, 7) is 0.474. The fourth-order valence-corrected chi connectivity index (χ4v) is 3.83. The number of thiazole rings is 1. The van der Waals surface area contributed by atoms with E-state index >= 15 is 0 Å². The van der Waals surface area contributed by atoms with Gasteiger partial charge >= 0.3 is 0 Å². The minimum absolute atomic E-state index is 0.0248. The van der Waals surface area contributed by atoms with E-state index in [1.54, 1.807) is 29.3 Å². The Kier molecular flexibility index (Phi) is 5.03. The normalized spacial score (nSPS) is 10.7. The molecule has 1 aromatic carbocycles. The van der Waals surface area contributed by atoms with Crippen LogP contribution in [0.1, 0.15) is 10.7 Å². The van der Waals surface area contributed by atoms with Crippen LogP contribution in [-0.4, -0.2) is 21.6 Å². The van der Waals surface area contributed by atoms with Crippen LogP contribution in [0.2, 0.25) is 0 Å². The van der Waals surface area contributed by atoms with E-state index in [0.29, 0.717) is 12.3 Å². The zero-order chi connectivity index (χ0) is 15.2. The second kappa shape index (κ2) is 7.38. The highest BCUT2D eigenvalue weighted by molar-refractivity contribution is 7.99. The first-order valence-electron chi connectivity index (χ1n) is 6.90. The second-order valence-electron chi connectivity index (χ2n) is 4.67. The van der Waals surface area contributed by atoms with Crippen LogP contribution >= 0.6 is 23.1 Å². The largest absolute Gasteiger partial charge is 0.350 e. The van der Waals surface area contributed by atoms with Crippen LogP contribution in [0, 0.1) is 0 Å². The number of hydrogen-bond donors (Lipinski definition) is 1. The molecule has 0 saturated carbocycles. The Morgan fingerprint density at radius 3 is 2.86 bits per heavy atom. The average molecular weight is 329 g/mol. The second-order valence-corrected chi connectivity index (χ2v) is 6.77. The Bertz CT molecular complexity index is 725. The van der Waals surface area contributed by atoms with E-state index in [1.165, 1.54) is 4.70 Å². The Morgan fingerprint density at radius 2 is 2.05 bits per heavy atom. The minimum atomic E-state index is 0.0248. The molecule has 112 valence electrons. The maximum Gasteiger partial charge on any atom is 0.230 e. The minimum Gasteiger partial charge on any atom is -0.350 e. The summed E-state index contributed by atoms with van der Waals surface area (Å²) in [6.07, 6.45) is 1.73. The molecule has 2 aromatic heterocycles. The summed E-state index contributed by atoms with van der Waals surface area (Å²) in [6, 6.07) is 13.8. The van der Waals surface area contributed by atoms with Crippen molar-refractivity contribution in [2.24, 2.45) is 0 Å². The molecule has 6 heteroatoms. The Hall–Kier alpha value is -1.92. The molecule has 0 unspecified atom stereocenters. The van der Waals surface area contributed by atoms with Gasteiger partial charge in [0.15, 0.2) is 0 Å². The highest BCUT2D eigenvalue weighted by Gasteiger charge is 2.06. The van der Waals surface area contributed by atoms with Crippen molar-refractivity contribution in [1.82, 2.24) is 15.3 Å². The number of nitrogens with one attached hydrogen (secondary N) is 1. The van der Waals surface area contributed by atoms with E-state index in [4.69, 9.17) is 0 Å². The van der Waals surface area contributed by atoms with Crippen LogP contribution in [0.15, 0.2) is 48.7 Å². The molecule has 0 aliphatic carbocycles. The quantitative estimate of drug-likeness (QED) is 0.754. The highest BCUT2D eigenvalue weighted by atomic mass is 32.2. The molecule has 0 bridgehead atoms. The number of aromatic nitrogens is 2. The molecule has 0 spiro atoms. The van der Waals surface area contributed by atoms with Gasteiger partial charge in [-0.1, -0.05) is 18.2 Å². The number of hydrogen-bond acceptors (Lipinski definition) is 5. The average Bonchev–Trinajstić information content (AvgIpc) is 2.96. The molecule has 1 N–H and O–H groups in total. The van der Waals surface area contributed by atoms with Crippen LogP contribution in [0.3, 0.4) is 0 Å².